The van der Waals surface area contributed by atoms with Crippen LogP contribution in [0.3, 0.4) is 0 Å². The van der Waals surface area contributed by atoms with Gasteiger partial charge in [-0.25, -0.2) is 12.8 Å². The molecule has 1 aromatic heterocycles. The maximum atomic E-state index is 13.7. The molecule has 7 heteroatoms. The van der Waals surface area contributed by atoms with Crippen LogP contribution in [0.5, 0.6) is 0 Å². The number of sulfone groups is 1. The number of benzene rings is 1. The molecule has 1 fully saturated rings. The Morgan fingerprint density at radius 3 is 2.72 bits per heavy atom. The predicted octanol–water partition coefficient (Wildman–Crippen LogP) is 3.12. The van der Waals surface area contributed by atoms with Gasteiger partial charge in [-0.1, -0.05) is 24.3 Å². The van der Waals surface area contributed by atoms with Crippen LogP contribution in [0.2, 0.25) is 0 Å². The molecule has 0 saturated carbocycles. The Labute approximate surface area is 150 Å². The molecule has 1 aromatic carbocycles. The maximum absolute atomic E-state index is 13.7. The zero-order valence-corrected chi connectivity index (χ0v) is 15.1. The molecule has 0 bridgehead atoms. The molecule has 0 N–H and O–H groups in total. The van der Waals surface area contributed by atoms with Gasteiger partial charge < -0.3 is 4.90 Å². The van der Waals surface area contributed by atoms with Crippen LogP contribution < -0.4 is 0 Å². The van der Waals surface area contributed by atoms with Crippen LogP contribution in [0.4, 0.5) is 4.39 Å². The molecule has 2 heterocycles. The highest BCUT2D eigenvalue weighted by Crippen LogP contribution is 2.22. The topological polar surface area (TPSA) is 54.5 Å². The number of thiophene rings is 1. The van der Waals surface area contributed by atoms with Gasteiger partial charge in [-0.2, -0.15) is 0 Å². The first-order valence-electron chi connectivity index (χ1n) is 7.91. The van der Waals surface area contributed by atoms with E-state index in [0.29, 0.717) is 18.5 Å². The Balaban J connectivity index is 1.80. The van der Waals surface area contributed by atoms with Crippen molar-refractivity contribution in [1.29, 1.82) is 0 Å². The third-order valence-corrected chi connectivity index (χ3v) is 6.76. The van der Waals surface area contributed by atoms with Gasteiger partial charge in [0.05, 0.1) is 18.1 Å². The second kappa shape index (κ2) is 7.49. The average molecular weight is 379 g/mol. The molecule has 0 aliphatic carbocycles. The SMILES string of the molecule is O=C(C=Cc1ccccc1F)N(Cc1cccs1)C1CCS(=O)(=O)C1. The van der Waals surface area contributed by atoms with Crippen molar-refractivity contribution in [2.45, 2.75) is 19.0 Å². The van der Waals surface area contributed by atoms with Crippen LogP contribution in [-0.4, -0.2) is 36.8 Å². The molecule has 1 aliphatic heterocycles. The number of carbonyl (C=O) groups excluding carboxylic acids is 1. The normalized spacial score (nSPS) is 19.3. The van der Waals surface area contributed by atoms with Crippen molar-refractivity contribution in [3.8, 4) is 0 Å². The van der Waals surface area contributed by atoms with Crippen LogP contribution in [0, 0.1) is 5.82 Å². The third kappa shape index (κ3) is 4.55. The predicted molar refractivity (Wildman–Crippen MR) is 97.4 cm³/mol. The zero-order chi connectivity index (χ0) is 17.9. The van der Waals surface area contributed by atoms with Gasteiger partial charge in [0.15, 0.2) is 9.84 Å². The molecule has 1 aliphatic rings. The first-order chi connectivity index (χ1) is 11.9. The second-order valence-electron chi connectivity index (χ2n) is 5.96. The van der Waals surface area contributed by atoms with Crippen LogP contribution in [0.25, 0.3) is 6.08 Å². The molecule has 1 saturated heterocycles. The molecule has 132 valence electrons. The summed E-state index contributed by atoms with van der Waals surface area (Å²) in [6.07, 6.45) is 3.19. The minimum Gasteiger partial charge on any atom is -0.330 e. The van der Waals surface area contributed by atoms with Crippen molar-refractivity contribution in [2.24, 2.45) is 0 Å². The molecule has 1 atom stereocenters. The van der Waals surface area contributed by atoms with Crippen LogP contribution in [0.15, 0.2) is 47.9 Å². The second-order valence-corrected chi connectivity index (χ2v) is 9.22. The lowest BCUT2D eigenvalue weighted by molar-refractivity contribution is -0.128. The lowest BCUT2D eigenvalue weighted by Gasteiger charge is -2.26. The van der Waals surface area contributed by atoms with Gasteiger partial charge in [-0.15, -0.1) is 11.3 Å². The third-order valence-electron chi connectivity index (χ3n) is 4.15. The summed E-state index contributed by atoms with van der Waals surface area (Å²) in [4.78, 5) is 15.2. The summed E-state index contributed by atoms with van der Waals surface area (Å²) in [6.45, 7) is 0.359. The largest absolute Gasteiger partial charge is 0.330 e. The average Bonchev–Trinajstić information content (AvgIpc) is 3.20. The summed E-state index contributed by atoms with van der Waals surface area (Å²) in [5.41, 5.74) is 0.325. The highest BCUT2D eigenvalue weighted by molar-refractivity contribution is 7.91. The fourth-order valence-electron chi connectivity index (χ4n) is 2.85. The standard InChI is InChI=1S/C18H18FNO3S2/c19-17-6-2-1-4-14(17)7-8-18(21)20(12-16-5-3-10-24-16)15-9-11-25(22,23)13-15/h1-8,10,15H,9,11-13H2. The summed E-state index contributed by atoms with van der Waals surface area (Å²) in [5, 5.41) is 1.92. The lowest BCUT2D eigenvalue weighted by Crippen LogP contribution is -2.39. The molecule has 1 amide bonds. The van der Waals surface area contributed by atoms with E-state index in [9.17, 15) is 17.6 Å². The summed E-state index contributed by atoms with van der Waals surface area (Å²) >= 11 is 1.52. The van der Waals surface area contributed by atoms with Crippen LogP contribution in [0.1, 0.15) is 16.9 Å². The van der Waals surface area contributed by atoms with E-state index < -0.39 is 15.7 Å². The van der Waals surface area contributed by atoms with Crippen LogP contribution >= 0.6 is 11.3 Å². The molecule has 3 rings (SSSR count). The highest BCUT2D eigenvalue weighted by atomic mass is 32.2. The molecule has 1 unspecified atom stereocenters. The van der Waals surface area contributed by atoms with Gasteiger partial charge >= 0.3 is 0 Å². The Kier molecular flexibility index (Phi) is 5.34. The van der Waals surface area contributed by atoms with E-state index in [1.165, 1.54) is 29.6 Å². The van der Waals surface area contributed by atoms with E-state index in [0.717, 1.165) is 4.88 Å². The number of halogens is 1. The number of hydrogen-bond acceptors (Lipinski definition) is 4. The van der Waals surface area contributed by atoms with E-state index in [2.05, 4.69) is 0 Å². The van der Waals surface area contributed by atoms with E-state index in [4.69, 9.17) is 0 Å². The highest BCUT2D eigenvalue weighted by Gasteiger charge is 2.34. The summed E-state index contributed by atoms with van der Waals surface area (Å²) in [5.74, 6) is -0.626. The van der Waals surface area contributed by atoms with Gasteiger partial charge in [0, 0.05) is 22.6 Å². The van der Waals surface area contributed by atoms with Crippen molar-refractivity contribution in [3.63, 3.8) is 0 Å². The van der Waals surface area contributed by atoms with E-state index in [1.54, 1.807) is 23.1 Å². The maximum Gasteiger partial charge on any atom is 0.247 e. The Hall–Kier alpha value is -1.99. The Morgan fingerprint density at radius 1 is 1.28 bits per heavy atom. The van der Waals surface area contributed by atoms with E-state index >= 15 is 0 Å². The Morgan fingerprint density at radius 2 is 2.08 bits per heavy atom. The summed E-state index contributed by atoms with van der Waals surface area (Å²) in [6, 6.07) is 9.66. The molecular weight excluding hydrogens is 361 g/mol. The van der Waals surface area contributed by atoms with Gasteiger partial charge in [0.1, 0.15) is 5.82 Å². The minimum absolute atomic E-state index is 0.0162. The molecule has 2 aromatic rings. The minimum atomic E-state index is -3.10. The monoisotopic (exact) mass is 379 g/mol. The number of carbonyl (C=O) groups is 1. The van der Waals surface area contributed by atoms with E-state index in [1.807, 2.05) is 17.5 Å². The van der Waals surface area contributed by atoms with Crippen molar-refractivity contribution in [1.82, 2.24) is 4.90 Å². The quantitative estimate of drug-likeness (QED) is 0.750. The Bertz CT molecular complexity index is 875. The number of amides is 1. The first-order valence-corrected chi connectivity index (χ1v) is 10.6. The smallest absolute Gasteiger partial charge is 0.247 e. The van der Waals surface area contributed by atoms with Gasteiger partial charge in [0.2, 0.25) is 5.91 Å². The van der Waals surface area contributed by atoms with Gasteiger partial charge in [-0.05, 0) is 30.0 Å². The molecule has 0 radical (unpaired) electrons. The lowest BCUT2D eigenvalue weighted by atomic mass is 10.1. The van der Waals surface area contributed by atoms with Crippen molar-refractivity contribution >= 4 is 33.2 Å². The van der Waals surface area contributed by atoms with Gasteiger partial charge in [-0.3, -0.25) is 4.79 Å². The van der Waals surface area contributed by atoms with Crippen molar-refractivity contribution in [3.05, 3.63) is 64.1 Å². The van der Waals surface area contributed by atoms with Crippen LogP contribution in [-0.2, 0) is 21.2 Å². The molecule has 25 heavy (non-hydrogen) atoms. The summed E-state index contributed by atoms with van der Waals surface area (Å²) in [7, 11) is -3.10. The first kappa shape index (κ1) is 17.8. The fourth-order valence-corrected chi connectivity index (χ4v) is 5.28. The molecule has 0 spiro atoms. The van der Waals surface area contributed by atoms with Crippen molar-refractivity contribution < 1.29 is 17.6 Å². The zero-order valence-electron chi connectivity index (χ0n) is 13.5. The fraction of sp³-hybridized carbons (Fsp3) is 0.278. The van der Waals surface area contributed by atoms with Crippen molar-refractivity contribution in [2.75, 3.05) is 11.5 Å². The van der Waals surface area contributed by atoms with Gasteiger partial charge in [0.25, 0.3) is 0 Å². The molecular formula is C18H18FNO3S2. The number of nitrogens with zero attached hydrogens (tertiary/aromatic N) is 1. The van der Waals surface area contributed by atoms with E-state index in [-0.39, 0.29) is 23.5 Å². The summed E-state index contributed by atoms with van der Waals surface area (Å²) < 4.78 is 37.3. The number of rotatable bonds is 5. The molecule has 4 nitrogen and oxygen atoms in total. The number of hydrogen-bond donors (Lipinski definition) is 0.